The highest BCUT2D eigenvalue weighted by Gasteiger charge is 2.19. The summed E-state index contributed by atoms with van der Waals surface area (Å²) in [4.78, 5) is 46.6. The zero-order chi connectivity index (χ0) is 29.9. The Morgan fingerprint density at radius 2 is 1.79 bits per heavy atom. The number of amides is 3. The van der Waals surface area contributed by atoms with E-state index < -0.39 is 0 Å². The number of hydrogen-bond acceptors (Lipinski definition) is 5. The number of carbonyl (C=O) groups excluding carboxylic acids is 3. The first kappa shape index (κ1) is 30.3. The molecule has 0 unspecified atom stereocenters. The standard InChI is InChI=1S/C33H40N6O3/c1-4-17-38(33(42)20-34-23-40)21-24(3)36-29(5-2)27-13-9-25(10-14-27)26-11-15-28(16-12-26)30-19-35-31(37-30)22-39-18-7-6-8-32(39)41/h5,9-16,19,23,36H,3-4,6-8,17-18,20-22H2,1-2H3,(H,34,40)(H,35,37)/b29-5-. The number of H-pyrrole nitrogens is 1. The summed E-state index contributed by atoms with van der Waals surface area (Å²) >= 11 is 0. The second kappa shape index (κ2) is 14.8. The first-order chi connectivity index (χ1) is 20.4. The number of allylic oxidation sites excluding steroid dienone is 1. The number of rotatable bonds is 14. The third-order valence-corrected chi connectivity index (χ3v) is 7.28. The zero-order valence-electron chi connectivity index (χ0n) is 24.5. The van der Waals surface area contributed by atoms with E-state index in [1.165, 1.54) is 0 Å². The molecule has 3 amide bonds. The summed E-state index contributed by atoms with van der Waals surface area (Å²) in [5.41, 5.74) is 6.76. The Bertz CT molecular complexity index is 1410. The Balaban J connectivity index is 1.36. The maximum absolute atomic E-state index is 12.4. The number of aromatic amines is 1. The molecule has 0 saturated carbocycles. The number of nitrogens with zero attached hydrogens (tertiary/aromatic N) is 3. The molecular weight excluding hydrogens is 528 g/mol. The third-order valence-electron chi connectivity index (χ3n) is 7.28. The lowest BCUT2D eigenvalue weighted by atomic mass is 10.0. The van der Waals surface area contributed by atoms with Crippen molar-refractivity contribution in [3.05, 3.63) is 84.5 Å². The largest absolute Gasteiger partial charge is 0.358 e. The van der Waals surface area contributed by atoms with E-state index in [9.17, 15) is 14.4 Å². The number of piperidine rings is 1. The van der Waals surface area contributed by atoms with Gasteiger partial charge in [-0.05, 0) is 48.4 Å². The van der Waals surface area contributed by atoms with E-state index in [2.05, 4.69) is 75.7 Å². The molecule has 0 bridgehead atoms. The first-order valence-corrected chi connectivity index (χ1v) is 14.5. The van der Waals surface area contributed by atoms with Crippen LogP contribution in [0.15, 0.2) is 73.1 Å². The van der Waals surface area contributed by atoms with Crippen molar-refractivity contribution in [2.24, 2.45) is 0 Å². The normalized spacial score (nSPS) is 13.5. The molecule has 2 heterocycles. The molecule has 3 N–H and O–H groups in total. The quantitative estimate of drug-likeness (QED) is 0.244. The fraction of sp³-hybridized carbons (Fsp3) is 0.333. The van der Waals surface area contributed by atoms with Crippen LogP contribution in [-0.4, -0.2) is 64.2 Å². The van der Waals surface area contributed by atoms with Crippen molar-refractivity contribution in [2.75, 3.05) is 26.2 Å². The van der Waals surface area contributed by atoms with E-state index >= 15 is 0 Å². The molecule has 0 atom stereocenters. The van der Waals surface area contributed by atoms with Crippen molar-refractivity contribution in [2.45, 2.75) is 46.1 Å². The number of hydrogen-bond donors (Lipinski definition) is 3. The molecular formula is C33H40N6O3. The smallest absolute Gasteiger partial charge is 0.242 e. The predicted molar refractivity (Wildman–Crippen MR) is 166 cm³/mol. The molecule has 220 valence electrons. The van der Waals surface area contributed by atoms with Crippen molar-refractivity contribution in [3.8, 4) is 22.4 Å². The number of nitrogens with one attached hydrogen (secondary N) is 3. The van der Waals surface area contributed by atoms with Gasteiger partial charge in [-0.3, -0.25) is 14.4 Å². The van der Waals surface area contributed by atoms with Gasteiger partial charge in [0.2, 0.25) is 18.2 Å². The number of likely N-dealkylation sites (tertiary alicyclic amines) is 1. The predicted octanol–water partition coefficient (Wildman–Crippen LogP) is 4.70. The minimum atomic E-state index is -0.147. The zero-order valence-corrected chi connectivity index (χ0v) is 24.5. The minimum absolute atomic E-state index is 0.0282. The van der Waals surface area contributed by atoms with Crippen molar-refractivity contribution in [1.82, 2.24) is 30.4 Å². The molecule has 1 aliphatic heterocycles. The van der Waals surface area contributed by atoms with E-state index in [4.69, 9.17) is 0 Å². The van der Waals surface area contributed by atoms with Gasteiger partial charge in [-0.1, -0.05) is 68.1 Å². The van der Waals surface area contributed by atoms with Gasteiger partial charge in [-0.15, -0.1) is 0 Å². The van der Waals surface area contributed by atoms with Crippen LogP contribution in [0.5, 0.6) is 0 Å². The Hall–Kier alpha value is -4.66. The number of aromatic nitrogens is 2. The van der Waals surface area contributed by atoms with Crippen LogP contribution in [0.25, 0.3) is 28.1 Å². The van der Waals surface area contributed by atoms with Crippen molar-refractivity contribution in [1.29, 1.82) is 0 Å². The third kappa shape index (κ3) is 7.96. The maximum Gasteiger partial charge on any atom is 0.242 e. The van der Waals surface area contributed by atoms with Gasteiger partial charge in [0.25, 0.3) is 0 Å². The molecule has 0 aliphatic carbocycles. The summed E-state index contributed by atoms with van der Waals surface area (Å²) in [6, 6.07) is 16.6. The van der Waals surface area contributed by atoms with Crippen LogP contribution in [0.2, 0.25) is 0 Å². The number of carbonyl (C=O) groups is 3. The Morgan fingerprint density at radius 1 is 1.10 bits per heavy atom. The van der Waals surface area contributed by atoms with Crippen LogP contribution < -0.4 is 10.6 Å². The molecule has 0 spiro atoms. The highest BCUT2D eigenvalue weighted by Crippen LogP contribution is 2.26. The van der Waals surface area contributed by atoms with E-state index in [0.29, 0.717) is 38.2 Å². The van der Waals surface area contributed by atoms with Crippen LogP contribution in [0.1, 0.15) is 50.9 Å². The van der Waals surface area contributed by atoms with Gasteiger partial charge in [-0.25, -0.2) is 4.98 Å². The second-order valence-corrected chi connectivity index (χ2v) is 10.4. The lowest BCUT2D eigenvalue weighted by Crippen LogP contribution is -2.40. The fourth-order valence-electron chi connectivity index (χ4n) is 5.06. The lowest BCUT2D eigenvalue weighted by Gasteiger charge is -2.25. The number of imidazole rings is 1. The topological polar surface area (TPSA) is 110 Å². The summed E-state index contributed by atoms with van der Waals surface area (Å²) in [6.45, 7) is 10.3. The molecule has 2 aromatic carbocycles. The van der Waals surface area contributed by atoms with Gasteiger partial charge in [0.1, 0.15) is 5.82 Å². The molecule has 0 radical (unpaired) electrons. The van der Waals surface area contributed by atoms with Crippen LogP contribution >= 0.6 is 0 Å². The molecule has 9 nitrogen and oxygen atoms in total. The van der Waals surface area contributed by atoms with Crippen LogP contribution in [0, 0.1) is 0 Å². The van der Waals surface area contributed by atoms with E-state index in [-0.39, 0.29) is 18.4 Å². The summed E-state index contributed by atoms with van der Waals surface area (Å²) in [6.07, 6.45) is 7.79. The fourth-order valence-corrected chi connectivity index (χ4v) is 5.06. The Morgan fingerprint density at radius 3 is 2.43 bits per heavy atom. The monoisotopic (exact) mass is 568 g/mol. The second-order valence-electron chi connectivity index (χ2n) is 10.4. The van der Waals surface area contributed by atoms with Gasteiger partial charge in [0.05, 0.1) is 31.5 Å². The van der Waals surface area contributed by atoms with Gasteiger partial charge >= 0.3 is 0 Å². The minimum Gasteiger partial charge on any atom is -0.358 e. The Kier molecular flexibility index (Phi) is 10.7. The van der Waals surface area contributed by atoms with Gasteiger partial charge in [0, 0.05) is 30.9 Å². The van der Waals surface area contributed by atoms with Gasteiger partial charge in [0.15, 0.2) is 0 Å². The van der Waals surface area contributed by atoms with Gasteiger partial charge < -0.3 is 25.4 Å². The van der Waals surface area contributed by atoms with Crippen LogP contribution in [0.3, 0.4) is 0 Å². The molecule has 9 heteroatoms. The molecule has 1 aliphatic rings. The van der Waals surface area contributed by atoms with Crippen molar-refractivity contribution < 1.29 is 14.4 Å². The van der Waals surface area contributed by atoms with E-state index in [1.54, 1.807) is 4.90 Å². The molecule has 1 saturated heterocycles. The average Bonchev–Trinajstić information content (AvgIpc) is 3.48. The first-order valence-electron chi connectivity index (χ1n) is 14.5. The summed E-state index contributed by atoms with van der Waals surface area (Å²) in [5, 5.41) is 5.78. The molecule has 1 aromatic heterocycles. The Labute approximate surface area is 247 Å². The molecule has 42 heavy (non-hydrogen) atoms. The van der Waals surface area contributed by atoms with Crippen LogP contribution in [-0.2, 0) is 20.9 Å². The lowest BCUT2D eigenvalue weighted by molar-refractivity contribution is -0.134. The summed E-state index contributed by atoms with van der Waals surface area (Å²) in [5.74, 6) is 0.855. The summed E-state index contributed by atoms with van der Waals surface area (Å²) in [7, 11) is 0. The van der Waals surface area contributed by atoms with Crippen LogP contribution in [0.4, 0.5) is 0 Å². The average molecular weight is 569 g/mol. The molecule has 4 rings (SSSR count). The number of benzene rings is 2. The SMILES string of the molecule is C=C(CN(CCC)C(=O)CNC=O)N/C(=C\C)c1ccc(-c2ccc(-c3cnc(CN4CCCCC4=O)[nH]3)cc2)cc1. The highest BCUT2D eigenvalue weighted by molar-refractivity contribution is 5.80. The van der Waals surface area contributed by atoms with Crippen molar-refractivity contribution in [3.63, 3.8) is 0 Å². The van der Waals surface area contributed by atoms with E-state index in [0.717, 1.165) is 65.3 Å². The summed E-state index contributed by atoms with van der Waals surface area (Å²) < 4.78 is 0. The van der Waals surface area contributed by atoms with Crippen molar-refractivity contribution >= 4 is 23.9 Å². The highest BCUT2D eigenvalue weighted by atomic mass is 16.2. The molecule has 1 fully saturated rings. The van der Waals surface area contributed by atoms with E-state index in [1.807, 2.05) is 31.0 Å². The van der Waals surface area contributed by atoms with Gasteiger partial charge in [-0.2, -0.15) is 0 Å². The molecule has 3 aromatic rings. The maximum atomic E-state index is 12.4.